The highest BCUT2D eigenvalue weighted by Crippen LogP contribution is 2.45. The fraction of sp³-hybridized carbons (Fsp3) is 0.654. The van der Waals surface area contributed by atoms with Gasteiger partial charge in [-0.15, -0.1) is 11.6 Å². The molecular formula is C26H37ClO4. The molecule has 5 heteroatoms. The third kappa shape index (κ3) is 6.57. The third-order valence-corrected chi connectivity index (χ3v) is 7.62. The number of hydrogen-bond donors (Lipinski definition) is 2. The molecule has 0 spiro atoms. The number of unbranched alkanes of at least 4 members (excludes halogenated alkanes) is 1. The van der Waals surface area contributed by atoms with Gasteiger partial charge >= 0.3 is 5.97 Å². The van der Waals surface area contributed by atoms with Crippen LogP contribution in [0, 0.1) is 11.8 Å². The zero-order valence-electron chi connectivity index (χ0n) is 18.6. The monoisotopic (exact) mass is 448 g/mol. The maximum atomic E-state index is 11.2. The first-order valence-corrected chi connectivity index (χ1v) is 12.3. The number of hydrogen-bond acceptors (Lipinski definition) is 4. The van der Waals surface area contributed by atoms with Gasteiger partial charge < -0.3 is 14.9 Å². The number of benzene rings is 1. The highest BCUT2D eigenvalue weighted by Gasteiger charge is 2.41. The lowest BCUT2D eigenvalue weighted by atomic mass is 9.81. The number of alkyl halides is 1. The number of carbonyl (C=O) groups is 1. The first-order chi connectivity index (χ1) is 15.0. The van der Waals surface area contributed by atoms with Gasteiger partial charge in [0.15, 0.2) is 0 Å². The van der Waals surface area contributed by atoms with E-state index in [1.807, 2.05) is 12.1 Å². The van der Waals surface area contributed by atoms with Crippen molar-refractivity contribution >= 4 is 17.6 Å². The van der Waals surface area contributed by atoms with Gasteiger partial charge in [0.05, 0.1) is 19.3 Å². The summed E-state index contributed by atoms with van der Waals surface area (Å²) in [6, 6.07) is 8.19. The van der Waals surface area contributed by atoms with E-state index in [9.17, 15) is 15.0 Å². The molecule has 0 radical (unpaired) electrons. The van der Waals surface area contributed by atoms with Gasteiger partial charge in [-0.3, -0.25) is 4.79 Å². The van der Waals surface area contributed by atoms with Crippen molar-refractivity contribution < 1.29 is 19.7 Å². The van der Waals surface area contributed by atoms with Gasteiger partial charge in [0.1, 0.15) is 0 Å². The lowest BCUT2D eigenvalue weighted by Crippen LogP contribution is -2.19. The molecule has 31 heavy (non-hydrogen) atoms. The Kier molecular flexibility index (Phi) is 9.43. The molecule has 172 valence electrons. The molecule has 1 aromatic carbocycles. The molecule has 0 aliphatic heterocycles. The molecule has 3 rings (SSSR count). The minimum atomic E-state index is -0.450. The fourth-order valence-corrected chi connectivity index (χ4v) is 5.74. The summed E-state index contributed by atoms with van der Waals surface area (Å²) in [5, 5.41) is 21.4. The first kappa shape index (κ1) is 24.3. The number of methoxy groups -OCH3 is 1. The average molecular weight is 449 g/mol. The summed E-state index contributed by atoms with van der Waals surface area (Å²) < 4.78 is 4.66. The normalized spacial score (nSPS) is 28.1. The molecule has 0 amide bonds. The maximum Gasteiger partial charge on any atom is 0.305 e. The second kappa shape index (κ2) is 12.0. The van der Waals surface area contributed by atoms with E-state index in [0.29, 0.717) is 18.8 Å². The summed E-state index contributed by atoms with van der Waals surface area (Å²) in [6.45, 7) is 0. The molecule has 1 aromatic rings. The summed E-state index contributed by atoms with van der Waals surface area (Å²) in [5.41, 5.74) is 2.08. The molecule has 2 aliphatic carbocycles. The molecular weight excluding hydrogens is 412 g/mol. The van der Waals surface area contributed by atoms with Crippen LogP contribution in [0.2, 0.25) is 0 Å². The number of rotatable bonds is 9. The molecule has 0 saturated heterocycles. The van der Waals surface area contributed by atoms with E-state index in [2.05, 4.69) is 29.0 Å². The number of ether oxygens (including phenoxy) is 1. The van der Waals surface area contributed by atoms with E-state index in [1.54, 1.807) is 0 Å². The van der Waals surface area contributed by atoms with Crippen LogP contribution in [0.3, 0.4) is 0 Å². The van der Waals surface area contributed by atoms with Gasteiger partial charge in [0.25, 0.3) is 0 Å². The van der Waals surface area contributed by atoms with Gasteiger partial charge in [-0.25, -0.2) is 0 Å². The lowest BCUT2D eigenvalue weighted by Gasteiger charge is -2.27. The van der Waals surface area contributed by atoms with E-state index in [-0.39, 0.29) is 23.2 Å². The van der Waals surface area contributed by atoms with Gasteiger partial charge in [-0.05, 0) is 61.5 Å². The van der Waals surface area contributed by atoms with Gasteiger partial charge in [-0.2, -0.15) is 0 Å². The second-order valence-corrected chi connectivity index (χ2v) is 9.75. The molecule has 2 N–H and O–H groups in total. The number of carbonyl (C=O) groups excluding carboxylic acids is 1. The minimum absolute atomic E-state index is 0.00286. The van der Waals surface area contributed by atoms with Crippen LogP contribution in [0.5, 0.6) is 0 Å². The molecule has 2 fully saturated rings. The predicted octanol–water partition coefficient (Wildman–Crippen LogP) is 5.66. The van der Waals surface area contributed by atoms with E-state index < -0.39 is 12.2 Å². The van der Waals surface area contributed by atoms with Crippen LogP contribution >= 0.6 is 11.6 Å². The molecule has 4 nitrogen and oxygen atoms in total. The minimum Gasteiger partial charge on any atom is -0.469 e. The van der Waals surface area contributed by atoms with Crippen LogP contribution in [0.1, 0.15) is 87.4 Å². The molecule has 5 atom stereocenters. The van der Waals surface area contributed by atoms with Crippen molar-refractivity contribution in [2.24, 2.45) is 11.8 Å². The molecule has 2 aliphatic rings. The highest BCUT2D eigenvalue weighted by molar-refractivity contribution is 6.21. The van der Waals surface area contributed by atoms with E-state index in [1.165, 1.54) is 26.4 Å². The molecule has 2 saturated carbocycles. The summed E-state index contributed by atoms with van der Waals surface area (Å²) in [6.07, 6.45) is 12.7. The summed E-state index contributed by atoms with van der Waals surface area (Å²) >= 11 is 6.61. The van der Waals surface area contributed by atoms with Crippen molar-refractivity contribution in [1.29, 1.82) is 0 Å². The molecule has 0 aromatic heterocycles. The zero-order chi connectivity index (χ0) is 22.2. The Hall–Kier alpha value is -1.36. The van der Waals surface area contributed by atoms with Crippen LogP contribution < -0.4 is 0 Å². The Morgan fingerprint density at radius 1 is 1.19 bits per heavy atom. The second-order valence-electron chi connectivity index (χ2n) is 9.19. The molecule has 3 unspecified atom stereocenters. The van der Waals surface area contributed by atoms with Gasteiger partial charge in [-0.1, -0.05) is 55.7 Å². The zero-order valence-corrected chi connectivity index (χ0v) is 19.3. The summed E-state index contributed by atoms with van der Waals surface area (Å²) in [5.74, 6) is 0.358. The Balaban J connectivity index is 1.59. The maximum absolute atomic E-state index is 11.2. The van der Waals surface area contributed by atoms with Crippen LogP contribution in [-0.2, 0) is 9.53 Å². The van der Waals surface area contributed by atoms with Crippen molar-refractivity contribution in [3.05, 3.63) is 47.5 Å². The fourth-order valence-electron chi connectivity index (χ4n) is 5.30. The Labute approximate surface area is 191 Å². The number of aliphatic hydroxyl groups is 2. The van der Waals surface area contributed by atoms with E-state index in [0.717, 1.165) is 43.2 Å². The van der Waals surface area contributed by atoms with Crippen molar-refractivity contribution in [2.45, 2.75) is 87.7 Å². The van der Waals surface area contributed by atoms with Crippen LogP contribution in [0.25, 0.3) is 0 Å². The van der Waals surface area contributed by atoms with Crippen LogP contribution in [0.4, 0.5) is 0 Å². The predicted molar refractivity (Wildman–Crippen MR) is 124 cm³/mol. The third-order valence-electron chi connectivity index (χ3n) is 7.12. The standard InChI is InChI=1S/C26H37ClO4/c1-31-24(29)12-8-3-2-7-11-21-22(27)17-23(28)25(21)18-13-15-20(16-14-18)26(30)19-9-5-4-6-10-19/h2,7,13-16,19,21-23,25-26,28,30H,3-6,8-12,17H2,1H3/b7-2-/t21-,22?,23+,25?,26?/m0/s1. The topological polar surface area (TPSA) is 66.8 Å². The Bertz CT molecular complexity index is 711. The van der Waals surface area contributed by atoms with Crippen molar-refractivity contribution in [2.75, 3.05) is 7.11 Å². The largest absolute Gasteiger partial charge is 0.469 e. The van der Waals surface area contributed by atoms with Crippen molar-refractivity contribution in [3.63, 3.8) is 0 Å². The molecule has 0 heterocycles. The van der Waals surface area contributed by atoms with Crippen LogP contribution in [0.15, 0.2) is 36.4 Å². The number of aliphatic hydroxyl groups excluding tert-OH is 2. The molecule has 0 bridgehead atoms. The lowest BCUT2D eigenvalue weighted by molar-refractivity contribution is -0.140. The first-order valence-electron chi connectivity index (χ1n) is 11.8. The number of allylic oxidation sites excluding steroid dienone is 2. The summed E-state index contributed by atoms with van der Waals surface area (Å²) in [4.78, 5) is 11.2. The average Bonchev–Trinajstić information content (AvgIpc) is 3.08. The van der Waals surface area contributed by atoms with Crippen LogP contribution in [-0.4, -0.2) is 34.8 Å². The number of halogens is 1. The van der Waals surface area contributed by atoms with E-state index >= 15 is 0 Å². The van der Waals surface area contributed by atoms with E-state index in [4.69, 9.17) is 11.6 Å². The Morgan fingerprint density at radius 2 is 1.90 bits per heavy atom. The number of esters is 1. The quantitative estimate of drug-likeness (QED) is 0.221. The van der Waals surface area contributed by atoms with Gasteiger partial charge in [0.2, 0.25) is 0 Å². The Morgan fingerprint density at radius 3 is 2.58 bits per heavy atom. The summed E-state index contributed by atoms with van der Waals surface area (Å²) in [7, 11) is 1.41. The van der Waals surface area contributed by atoms with Gasteiger partial charge in [0, 0.05) is 17.7 Å². The van der Waals surface area contributed by atoms with Crippen molar-refractivity contribution in [3.8, 4) is 0 Å². The smallest absolute Gasteiger partial charge is 0.305 e. The van der Waals surface area contributed by atoms with Crippen molar-refractivity contribution in [1.82, 2.24) is 0 Å². The SMILES string of the molecule is COC(=O)CCC/C=C\C[C@H]1C(Cl)C[C@@H](O)C1c1ccc(C(O)C2CCCCC2)cc1. The highest BCUT2D eigenvalue weighted by atomic mass is 35.5.